The Hall–Kier alpha value is -1.90. The molecule has 1 aliphatic carbocycles. The van der Waals surface area contributed by atoms with Crippen LogP contribution in [-0.4, -0.2) is 44.0 Å². The van der Waals surface area contributed by atoms with Gasteiger partial charge in [-0.25, -0.2) is 4.79 Å². The van der Waals surface area contributed by atoms with Crippen molar-refractivity contribution in [1.29, 1.82) is 0 Å². The first-order valence-electron chi connectivity index (χ1n) is 7.61. The van der Waals surface area contributed by atoms with Gasteiger partial charge in [-0.05, 0) is 25.3 Å². The van der Waals surface area contributed by atoms with E-state index in [0.717, 1.165) is 23.8 Å². The number of aliphatic carboxylic acids is 1. The Kier molecular flexibility index (Phi) is 4.15. The molecule has 128 valence electrons. The Bertz CT molecular complexity index is 710. The SMILES string of the molecule is CC1(N)S[C@@H]2C(C(=O)C(N)C3=CCC=CC3)C(=O)N2C=C1C(=O)O. The topological polar surface area (TPSA) is 127 Å². The van der Waals surface area contributed by atoms with Crippen LogP contribution in [0.4, 0.5) is 0 Å². The molecule has 0 aromatic carbocycles. The highest BCUT2D eigenvalue weighted by atomic mass is 32.2. The molecule has 1 saturated heterocycles. The van der Waals surface area contributed by atoms with E-state index in [4.69, 9.17) is 11.5 Å². The average molecular weight is 349 g/mol. The zero-order valence-corrected chi connectivity index (χ0v) is 14.0. The predicted molar refractivity (Wildman–Crippen MR) is 89.5 cm³/mol. The number of fused-ring (bicyclic) bond motifs is 1. The number of nitrogens with two attached hydrogens (primary N) is 2. The lowest BCUT2D eigenvalue weighted by molar-refractivity contribution is -0.152. The number of hydrogen-bond donors (Lipinski definition) is 3. The molecule has 8 heteroatoms. The van der Waals surface area contributed by atoms with Crippen molar-refractivity contribution >= 4 is 29.4 Å². The fraction of sp³-hybridized carbons (Fsp3) is 0.438. The van der Waals surface area contributed by atoms with Gasteiger partial charge in [0.25, 0.3) is 0 Å². The van der Waals surface area contributed by atoms with Gasteiger partial charge in [0.05, 0.1) is 16.5 Å². The first-order chi connectivity index (χ1) is 11.2. The monoisotopic (exact) mass is 349 g/mol. The second kappa shape index (κ2) is 5.87. The first kappa shape index (κ1) is 16.9. The molecule has 3 unspecified atom stereocenters. The number of amides is 1. The van der Waals surface area contributed by atoms with E-state index >= 15 is 0 Å². The molecule has 4 atom stereocenters. The third-order valence-electron chi connectivity index (χ3n) is 4.53. The number of hydrogen-bond acceptors (Lipinski definition) is 6. The summed E-state index contributed by atoms with van der Waals surface area (Å²) in [6.45, 7) is 1.56. The lowest BCUT2D eigenvalue weighted by Gasteiger charge is -2.50. The number of carbonyl (C=O) groups excluding carboxylic acids is 2. The number of Topliss-reactive ketones (excluding diaryl/α,β-unsaturated/α-hetero) is 1. The maximum absolute atomic E-state index is 12.7. The summed E-state index contributed by atoms with van der Waals surface area (Å²) in [7, 11) is 0. The van der Waals surface area contributed by atoms with Gasteiger partial charge in [0.2, 0.25) is 5.91 Å². The second-order valence-electron chi connectivity index (χ2n) is 6.26. The molecule has 0 aromatic rings. The van der Waals surface area contributed by atoms with E-state index in [1.165, 1.54) is 11.1 Å². The number of carboxylic acid groups (broad SMARTS) is 1. The van der Waals surface area contributed by atoms with Crippen molar-refractivity contribution in [3.8, 4) is 0 Å². The Morgan fingerprint density at radius 1 is 1.46 bits per heavy atom. The van der Waals surface area contributed by atoms with E-state index in [0.29, 0.717) is 6.42 Å². The van der Waals surface area contributed by atoms with E-state index in [-0.39, 0.29) is 11.4 Å². The van der Waals surface area contributed by atoms with Crippen LogP contribution in [-0.2, 0) is 14.4 Å². The third-order valence-corrected chi connectivity index (χ3v) is 5.98. The first-order valence-corrected chi connectivity index (χ1v) is 8.49. The summed E-state index contributed by atoms with van der Waals surface area (Å²) < 4.78 is 0. The standard InChI is InChI=1S/C16H19N3O4S/c1-16(18)9(15(22)23)7-19-13(21)10(14(19)24-16)12(20)11(17)8-5-3-2-4-6-8/h2-3,6-7,10-11,14H,4-5,17-18H2,1H3,(H,22,23)/t10?,11?,14-,16?/m1/s1. The van der Waals surface area contributed by atoms with Crippen LogP contribution in [0, 0.1) is 5.92 Å². The smallest absolute Gasteiger partial charge is 0.335 e. The fourth-order valence-electron chi connectivity index (χ4n) is 3.11. The van der Waals surface area contributed by atoms with E-state index in [1.807, 2.05) is 18.2 Å². The van der Waals surface area contributed by atoms with Gasteiger partial charge < -0.3 is 21.5 Å². The molecular formula is C16H19N3O4S. The molecule has 1 fully saturated rings. The number of rotatable bonds is 4. The van der Waals surface area contributed by atoms with Gasteiger partial charge >= 0.3 is 5.97 Å². The zero-order chi connectivity index (χ0) is 17.6. The summed E-state index contributed by atoms with van der Waals surface area (Å²) >= 11 is 1.10. The van der Waals surface area contributed by atoms with Crippen LogP contribution >= 0.6 is 11.8 Å². The predicted octanol–water partition coefficient (Wildman–Crippen LogP) is 0.334. The molecule has 0 radical (unpaired) electrons. The maximum Gasteiger partial charge on any atom is 0.335 e. The van der Waals surface area contributed by atoms with E-state index in [9.17, 15) is 19.5 Å². The zero-order valence-electron chi connectivity index (χ0n) is 13.1. The van der Waals surface area contributed by atoms with Gasteiger partial charge in [0.15, 0.2) is 5.78 Å². The highest BCUT2D eigenvalue weighted by molar-refractivity contribution is 8.01. The number of allylic oxidation sites excluding steroid dienone is 3. The summed E-state index contributed by atoms with van der Waals surface area (Å²) in [4.78, 5) is 36.4. The van der Waals surface area contributed by atoms with Crippen molar-refractivity contribution in [2.75, 3.05) is 0 Å². The molecule has 7 nitrogen and oxygen atoms in total. The number of nitrogens with zero attached hydrogens (tertiary/aromatic N) is 1. The lowest BCUT2D eigenvalue weighted by Crippen LogP contribution is -2.66. The van der Waals surface area contributed by atoms with Gasteiger partial charge in [0.1, 0.15) is 11.3 Å². The van der Waals surface area contributed by atoms with Gasteiger partial charge in [-0.1, -0.05) is 18.2 Å². The number of carbonyl (C=O) groups is 3. The van der Waals surface area contributed by atoms with Gasteiger partial charge in [-0.3, -0.25) is 9.59 Å². The quantitative estimate of drug-likeness (QED) is 0.379. The minimum absolute atomic E-state index is 0.0626. The van der Waals surface area contributed by atoms with Crippen LogP contribution in [0.5, 0.6) is 0 Å². The Morgan fingerprint density at radius 2 is 2.17 bits per heavy atom. The van der Waals surface area contributed by atoms with Crippen molar-refractivity contribution in [1.82, 2.24) is 4.90 Å². The van der Waals surface area contributed by atoms with Crippen molar-refractivity contribution in [3.63, 3.8) is 0 Å². The van der Waals surface area contributed by atoms with Crippen LogP contribution in [0.3, 0.4) is 0 Å². The van der Waals surface area contributed by atoms with Crippen molar-refractivity contribution < 1.29 is 19.5 Å². The van der Waals surface area contributed by atoms with Crippen LogP contribution in [0.15, 0.2) is 35.6 Å². The summed E-state index contributed by atoms with van der Waals surface area (Å²) in [5.41, 5.74) is 12.9. The lowest BCUT2D eigenvalue weighted by atomic mass is 9.84. The fourth-order valence-corrected chi connectivity index (χ4v) is 4.54. The molecule has 1 amide bonds. The summed E-state index contributed by atoms with van der Waals surface area (Å²) in [6, 6.07) is -0.819. The van der Waals surface area contributed by atoms with Crippen molar-refractivity contribution in [2.24, 2.45) is 17.4 Å². The minimum Gasteiger partial charge on any atom is -0.478 e. The molecule has 5 N–H and O–H groups in total. The van der Waals surface area contributed by atoms with Gasteiger partial charge in [-0.2, -0.15) is 0 Å². The molecule has 0 spiro atoms. The molecule has 2 heterocycles. The van der Waals surface area contributed by atoms with E-state index < -0.39 is 34.1 Å². The molecule has 3 rings (SSSR count). The Labute approximate surface area is 143 Å². The Morgan fingerprint density at radius 3 is 2.75 bits per heavy atom. The van der Waals surface area contributed by atoms with Gasteiger partial charge in [0, 0.05) is 6.20 Å². The summed E-state index contributed by atoms with van der Waals surface area (Å²) in [6.07, 6.45) is 8.42. The largest absolute Gasteiger partial charge is 0.478 e. The number of thioether (sulfide) groups is 1. The van der Waals surface area contributed by atoms with Crippen molar-refractivity contribution in [3.05, 3.63) is 35.6 Å². The van der Waals surface area contributed by atoms with Crippen LogP contribution in [0.1, 0.15) is 19.8 Å². The van der Waals surface area contributed by atoms with Crippen LogP contribution in [0.25, 0.3) is 0 Å². The minimum atomic E-state index is -1.18. The number of β-lactam (4-membered cyclic amide) rings is 1. The average Bonchev–Trinajstić information content (AvgIpc) is 2.53. The molecule has 2 aliphatic heterocycles. The second-order valence-corrected chi connectivity index (χ2v) is 7.82. The van der Waals surface area contributed by atoms with E-state index in [1.54, 1.807) is 6.92 Å². The van der Waals surface area contributed by atoms with Crippen LogP contribution in [0.2, 0.25) is 0 Å². The molecule has 3 aliphatic rings. The summed E-state index contributed by atoms with van der Waals surface area (Å²) in [5, 5.41) is 8.72. The maximum atomic E-state index is 12.7. The number of carboxylic acids is 1. The summed E-state index contributed by atoms with van der Waals surface area (Å²) in [5.74, 6) is -2.82. The molecular weight excluding hydrogens is 330 g/mol. The highest BCUT2D eigenvalue weighted by Gasteiger charge is 2.57. The molecule has 0 aromatic heterocycles. The van der Waals surface area contributed by atoms with Crippen molar-refractivity contribution in [2.45, 2.75) is 36.1 Å². The molecule has 0 bridgehead atoms. The number of ketones is 1. The normalized spacial score (nSPS) is 33.1. The highest BCUT2D eigenvalue weighted by Crippen LogP contribution is 2.47. The molecule has 24 heavy (non-hydrogen) atoms. The molecule has 0 saturated carbocycles. The van der Waals surface area contributed by atoms with Gasteiger partial charge in [-0.15, -0.1) is 11.8 Å². The Balaban J connectivity index is 1.81. The van der Waals surface area contributed by atoms with E-state index in [2.05, 4.69) is 0 Å². The van der Waals surface area contributed by atoms with Crippen LogP contribution < -0.4 is 11.5 Å². The third kappa shape index (κ3) is 2.60.